The van der Waals surface area contributed by atoms with Crippen molar-refractivity contribution in [2.24, 2.45) is 0 Å². The topological polar surface area (TPSA) is 34.4 Å². The highest BCUT2D eigenvalue weighted by atomic mass is 16.1. The lowest BCUT2D eigenvalue weighted by Gasteiger charge is -1.98. The summed E-state index contributed by atoms with van der Waals surface area (Å²) >= 11 is 0. The molecule has 0 saturated heterocycles. The molecule has 3 nitrogen and oxygen atoms in total. The zero-order valence-electron chi connectivity index (χ0n) is 7.61. The molecule has 0 N–H and O–H groups in total. The Kier molecular flexibility index (Phi) is 1.65. The summed E-state index contributed by atoms with van der Waals surface area (Å²) in [7, 11) is 0. The van der Waals surface area contributed by atoms with Crippen LogP contribution in [0.15, 0.2) is 24.5 Å². The SMILES string of the molecule is CC(=O)c1ncn2c(C)cccc12. The summed E-state index contributed by atoms with van der Waals surface area (Å²) in [6.45, 7) is 3.52. The number of nitrogens with zero attached hydrogens (tertiary/aromatic N) is 2. The van der Waals surface area contributed by atoms with Crippen molar-refractivity contribution in [1.29, 1.82) is 0 Å². The van der Waals surface area contributed by atoms with E-state index in [2.05, 4.69) is 4.98 Å². The van der Waals surface area contributed by atoms with Gasteiger partial charge in [-0.1, -0.05) is 6.07 Å². The van der Waals surface area contributed by atoms with Gasteiger partial charge in [-0.05, 0) is 19.1 Å². The van der Waals surface area contributed by atoms with Gasteiger partial charge in [-0.15, -0.1) is 0 Å². The molecular weight excluding hydrogens is 164 g/mol. The number of rotatable bonds is 1. The van der Waals surface area contributed by atoms with Crippen molar-refractivity contribution >= 4 is 11.3 Å². The number of fused-ring (bicyclic) bond motifs is 1. The number of aromatic nitrogens is 2. The van der Waals surface area contributed by atoms with Gasteiger partial charge in [0.05, 0.1) is 5.52 Å². The highest BCUT2D eigenvalue weighted by molar-refractivity contribution is 5.98. The smallest absolute Gasteiger partial charge is 0.180 e. The molecule has 0 unspecified atom stereocenters. The maximum Gasteiger partial charge on any atom is 0.180 e. The van der Waals surface area contributed by atoms with Crippen LogP contribution in [0.1, 0.15) is 23.1 Å². The van der Waals surface area contributed by atoms with E-state index in [1.54, 1.807) is 6.33 Å². The second-order valence-corrected chi connectivity index (χ2v) is 3.07. The molecule has 0 aliphatic rings. The maximum absolute atomic E-state index is 11.2. The Morgan fingerprint density at radius 3 is 2.92 bits per heavy atom. The van der Waals surface area contributed by atoms with E-state index in [-0.39, 0.29) is 5.78 Å². The van der Waals surface area contributed by atoms with Crippen molar-refractivity contribution in [3.8, 4) is 0 Å². The van der Waals surface area contributed by atoms with Crippen molar-refractivity contribution in [2.75, 3.05) is 0 Å². The van der Waals surface area contributed by atoms with Crippen molar-refractivity contribution in [3.05, 3.63) is 35.9 Å². The lowest BCUT2D eigenvalue weighted by molar-refractivity contribution is 0.101. The average Bonchev–Trinajstić information content (AvgIpc) is 2.48. The van der Waals surface area contributed by atoms with E-state index in [9.17, 15) is 4.79 Å². The Bertz CT molecular complexity index is 471. The molecule has 2 aromatic rings. The molecule has 0 bridgehead atoms. The van der Waals surface area contributed by atoms with Crippen LogP contribution in [0, 0.1) is 6.92 Å². The number of hydrogen-bond donors (Lipinski definition) is 0. The molecule has 0 aromatic carbocycles. The van der Waals surface area contributed by atoms with Crippen LogP contribution in [-0.2, 0) is 0 Å². The van der Waals surface area contributed by atoms with Crippen molar-refractivity contribution in [3.63, 3.8) is 0 Å². The number of pyridine rings is 1. The molecule has 3 heteroatoms. The highest BCUT2D eigenvalue weighted by Crippen LogP contribution is 2.11. The van der Waals surface area contributed by atoms with Crippen molar-refractivity contribution in [2.45, 2.75) is 13.8 Å². The molecule has 2 aromatic heterocycles. The number of imidazole rings is 1. The zero-order valence-corrected chi connectivity index (χ0v) is 7.61. The van der Waals surface area contributed by atoms with Gasteiger partial charge >= 0.3 is 0 Å². The van der Waals surface area contributed by atoms with E-state index in [4.69, 9.17) is 0 Å². The third-order valence-electron chi connectivity index (χ3n) is 2.11. The van der Waals surface area contributed by atoms with E-state index in [0.717, 1.165) is 11.2 Å². The second-order valence-electron chi connectivity index (χ2n) is 3.07. The normalized spacial score (nSPS) is 10.6. The van der Waals surface area contributed by atoms with Crippen molar-refractivity contribution < 1.29 is 4.79 Å². The first-order valence-corrected chi connectivity index (χ1v) is 4.14. The first-order chi connectivity index (χ1) is 6.20. The van der Waals surface area contributed by atoms with Gasteiger partial charge in [-0.25, -0.2) is 4.98 Å². The summed E-state index contributed by atoms with van der Waals surface area (Å²) in [6, 6.07) is 5.81. The Labute approximate surface area is 76.0 Å². The average molecular weight is 174 g/mol. The van der Waals surface area contributed by atoms with Crippen LogP contribution in [0.3, 0.4) is 0 Å². The fraction of sp³-hybridized carbons (Fsp3) is 0.200. The van der Waals surface area contributed by atoms with Crippen LogP contribution < -0.4 is 0 Å². The monoisotopic (exact) mass is 174 g/mol. The van der Waals surface area contributed by atoms with E-state index in [1.807, 2.05) is 29.5 Å². The summed E-state index contributed by atoms with van der Waals surface area (Å²) < 4.78 is 1.91. The summed E-state index contributed by atoms with van der Waals surface area (Å²) in [5.41, 5.74) is 2.51. The Balaban J connectivity index is 2.83. The van der Waals surface area contributed by atoms with Gasteiger partial charge in [0.15, 0.2) is 5.78 Å². The van der Waals surface area contributed by atoms with Crippen LogP contribution in [0.5, 0.6) is 0 Å². The number of carbonyl (C=O) groups excluding carboxylic acids is 1. The van der Waals surface area contributed by atoms with Crippen LogP contribution in [0.4, 0.5) is 0 Å². The van der Waals surface area contributed by atoms with Gasteiger partial charge in [0.25, 0.3) is 0 Å². The third kappa shape index (κ3) is 1.13. The van der Waals surface area contributed by atoms with Gasteiger partial charge in [0.2, 0.25) is 0 Å². The molecular formula is C10H10N2O. The number of aryl methyl sites for hydroxylation is 1. The minimum absolute atomic E-state index is 0.00750. The van der Waals surface area contributed by atoms with E-state index in [1.165, 1.54) is 6.92 Å². The number of Topliss-reactive ketones (excluding diaryl/α,β-unsaturated/α-hetero) is 1. The number of hydrogen-bond acceptors (Lipinski definition) is 2. The fourth-order valence-electron chi connectivity index (χ4n) is 1.43. The molecule has 0 fully saturated rings. The number of carbonyl (C=O) groups is 1. The predicted octanol–water partition coefficient (Wildman–Crippen LogP) is 1.85. The maximum atomic E-state index is 11.2. The van der Waals surface area contributed by atoms with Gasteiger partial charge in [-0.2, -0.15) is 0 Å². The molecule has 0 saturated carbocycles. The van der Waals surface area contributed by atoms with Crippen molar-refractivity contribution in [1.82, 2.24) is 9.38 Å². The largest absolute Gasteiger partial charge is 0.303 e. The van der Waals surface area contributed by atoms with Crippen LogP contribution in [0.25, 0.3) is 5.52 Å². The molecule has 13 heavy (non-hydrogen) atoms. The fourth-order valence-corrected chi connectivity index (χ4v) is 1.43. The molecule has 0 radical (unpaired) electrons. The standard InChI is InChI=1S/C10H10N2O/c1-7-4-3-5-9-10(8(2)13)11-6-12(7)9/h3-6H,1-2H3. The Hall–Kier alpha value is -1.64. The summed E-state index contributed by atoms with van der Waals surface area (Å²) in [5, 5.41) is 0. The molecule has 66 valence electrons. The number of ketones is 1. The molecule has 2 rings (SSSR count). The molecule has 0 atom stereocenters. The van der Waals surface area contributed by atoms with Crippen LogP contribution >= 0.6 is 0 Å². The van der Waals surface area contributed by atoms with Crippen LogP contribution in [-0.4, -0.2) is 15.2 Å². The Morgan fingerprint density at radius 1 is 1.46 bits per heavy atom. The van der Waals surface area contributed by atoms with Gasteiger partial charge in [0.1, 0.15) is 12.0 Å². The molecule has 0 spiro atoms. The predicted molar refractivity (Wildman–Crippen MR) is 49.9 cm³/mol. The lowest BCUT2D eigenvalue weighted by Crippen LogP contribution is -1.94. The third-order valence-corrected chi connectivity index (χ3v) is 2.11. The first kappa shape index (κ1) is 7.98. The van der Waals surface area contributed by atoms with E-state index >= 15 is 0 Å². The zero-order chi connectivity index (χ0) is 9.42. The molecule has 0 aliphatic heterocycles. The summed E-state index contributed by atoms with van der Waals surface area (Å²) in [5.74, 6) is 0.00750. The quantitative estimate of drug-likeness (QED) is 0.618. The molecule has 0 amide bonds. The Morgan fingerprint density at radius 2 is 2.23 bits per heavy atom. The lowest BCUT2D eigenvalue weighted by atomic mass is 10.2. The van der Waals surface area contributed by atoms with Gasteiger partial charge in [-0.3, -0.25) is 4.79 Å². The van der Waals surface area contributed by atoms with E-state index < -0.39 is 0 Å². The summed E-state index contributed by atoms with van der Waals surface area (Å²) in [4.78, 5) is 15.2. The minimum Gasteiger partial charge on any atom is -0.303 e. The van der Waals surface area contributed by atoms with Crippen LogP contribution in [0.2, 0.25) is 0 Å². The van der Waals surface area contributed by atoms with E-state index in [0.29, 0.717) is 5.69 Å². The molecule has 0 aliphatic carbocycles. The first-order valence-electron chi connectivity index (χ1n) is 4.14. The molecule has 2 heterocycles. The van der Waals surface area contributed by atoms with Gasteiger partial charge in [0, 0.05) is 12.6 Å². The van der Waals surface area contributed by atoms with Gasteiger partial charge < -0.3 is 4.40 Å². The summed E-state index contributed by atoms with van der Waals surface area (Å²) in [6.07, 6.45) is 1.68. The second kappa shape index (κ2) is 2.69. The minimum atomic E-state index is 0.00750. The highest BCUT2D eigenvalue weighted by Gasteiger charge is 2.08.